The molecule has 2 N–H and O–H groups in total. The molecule has 0 bridgehead atoms. The fourth-order valence-corrected chi connectivity index (χ4v) is 3.52. The number of carbonyl (C=O) groups excluding carboxylic acids is 1. The maximum atomic E-state index is 14.2. The predicted octanol–water partition coefficient (Wildman–Crippen LogP) is 3.58. The summed E-state index contributed by atoms with van der Waals surface area (Å²) in [4.78, 5) is 14.6. The lowest BCUT2D eigenvalue weighted by molar-refractivity contribution is 0.153. The van der Waals surface area contributed by atoms with Gasteiger partial charge in [-0.25, -0.2) is 13.6 Å². The first-order chi connectivity index (χ1) is 14.1. The molecule has 2 amide bonds. The van der Waals surface area contributed by atoms with Crippen LogP contribution in [-0.4, -0.2) is 37.2 Å². The summed E-state index contributed by atoms with van der Waals surface area (Å²) >= 11 is 0. The second kappa shape index (κ2) is 10.3. The molecule has 7 heteroatoms. The molecule has 0 unspecified atom stereocenters. The van der Waals surface area contributed by atoms with Crippen LogP contribution in [0.15, 0.2) is 42.5 Å². The Labute approximate surface area is 170 Å². The molecule has 1 heterocycles. The zero-order valence-corrected chi connectivity index (χ0v) is 16.6. The van der Waals surface area contributed by atoms with E-state index in [0.717, 1.165) is 43.1 Å². The average Bonchev–Trinajstić information content (AvgIpc) is 2.73. The van der Waals surface area contributed by atoms with Gasteiger partial charge in [0, 0.05) is 31.3 Å². The van der Waals surface area contributed by atoms with Crippen molar-refractivity contribution in [1.82, 2.24) is 15.5 Å². The zero-order valence-electron chi connectivity index (χ0n) is 16.6. The molecule has 0 radical (unpaired) electrons. The molecule has 0 atom stereocenters. The lowest BCUT2D eigenvalue weighted by Gasteiger charge is -2.35. The smallest absolute Gasteiger partial charge is 0.318 e. The first-order valence-corrected chi connectivity index (χ1v) is 9.82. The van der Waals surface area contributed by atoms with E-state index in [9.17, 15) is 13.6 Å². The van der Waals surface area contributed by atoms with Gasteiger partial charge in [0.2, 0.25) is 0 Å². The molecule has 29 heavy (non-hydrogen) atoms. The topological polar surface area (TPSA) is 53.6 Å². The Balaban J connectivity index is 1.68. The van der Waals surface area contributed by atoms with Crippen molar-refractivity contribution in [2.75, 3.05) is 20.2 Å². The van der Waals surface area contributed by atoms with E-state index in [-0.39, 0.29) is 18.6 Å². The summed E-state index contributed by atoms with van der Waals surface area (Å²) in [6.07, 6.45) is 1.59. The normalized spacial score (nSPS) is 14.6. The van der Waals surface area contributed by atoms with Crippen LogP contribution in [0.1, 0.15) is 29.5 Å². The van der Waals surface area contributed by atoms with Crippen LogP contribution >= 0.6 is 0 Å². The van der Waals surface area contributed by atoms with Crippen LogP contribution in [0.25, 0.3) is 0 Å². The summed E-state index contributed by atoms with van der Waals surface area (Å²) in [6, 6.07) is 11.1. The van der Waals surface area contributed by atoms with E-state index in [0.29, 0.717) is 18.7 Å². The zero-order chi connectivity index (χ0) is 20.6. The van der Waals surface area contributed by atoms with Crippen molar-refractivity contribution in [3.05, 3.63) is 70.8 Å². The van der Waals surface area contributed by atoms with Gasteiger partial charge < -0.3 is 20.3 Å². The molecule has 156 valence electrons. The third-order valence-electron chi connectivity index (χ3n) is 5.14. The predicted molar refractivity (Wildman–Crippen MR) is 107 cm³/mol. The number of ether oxygens (including phenoxy) is 1. The molecule has 2 aromatic carbocycles. The molecule has 5 nitrogen and oxygen atoms in total. The number of amides is 2. The number of carbonyl (C=O) groups is 1. The van der Waals surface area contributed by atoms with Crippen LogP contribution < -0.4 is 10.6 Å². The molecule has 0 saturated carbocycles. The SMILES string of the molecule is COCc1ccc(CNC(=O)N(Cc2ccc(F)cc2F)C2CCNCC2)cc1. The Morgan fingerprint density at radius 2 is 1.83 bits per heavy atom. The number of piperidine rings is 1. The van der Waals surface area contributed by atoms with Crippen molar-refractivity contribution < 1.29 is 18.3 Å². The van der Waals surface area contributed by atoms with Gasteiger partial charge in [0.1, 0.15) is 11.6 Å². The number of halogens is 2. The van der Waals surface area contributed by atoms with Gasteiger partial charge in [0.05, 0.1) is 13.2 Å². The molecule has 1 saturated heterocycles. The number of rotatable bonds is 7. The van der Waals surface area contributed by atoms with E-state index in [2.05, 4.69) is 10.6 Å². The van der Waals surface area contributed by atoms with E-state index in [4.69, 9.17) is 4.74 Å². The van der Waals surface area contributed by atoms with Crippen molar-refractivity contribution >= 4 is 6.03 Å². The molecule has 1 fully saturated rings. The highest BCUT2D eigenvalue weighted by atomic mass is 19.1. The maximum absolute atomic E-state index is 14.2. The van der Waals surface area contributed by atoms with Crippen LogP contribution in [0.4, 0.5) is 13.6 Å². The highest BCUT2D eigenvalue weighted by Crippen LogP contribution is 2.19. The fraction of sp³-hybridized carbons (Fsp3) is 0.409. The largest absolute Gasteiger partial charge is 0.380 e. The van der Waals surface area contributed by atoms with Gasteiger partial charge in [-0.3, -0.25) is 0 Å². The van der Waals surface area contributed by atoms with Crippen molar-refractivity contribution in [3.63, 3.8) is 0 Å². The van der Waals surface area contributed by atoms with Crippen LogP contribution in [0.5, 0.6) is 0 Å². The van der Waals surface area contributed by atoms with Gasteiger partial charge in [0.25, 0.3) is 0 Å². The summed E-state index contributed by atoms with van der Waals surface area (Å²) in [7, 11) is 1.65. The number of nitrogens with one attached hydrogen (secondary N) is 2. The van der Waals surface area contributed by atoms with Gasteiger partial charge >= 0.3 is 6.03 Å². The van der Waals surface area contributed by atoms with E-state index in [1.54, 1.807) is 12.0 Å². The van der Waals surface area contributed by atoms with E-state index >= 15 is 0 Å². The Morgan fingerprint density at radius 1 is 1.14 bits per heavy atom. The van der Waals surface area contributed by atoms with Crippen LogP contribution in [0, 0.1) is 11.6 Å². The summed E-state index contributed by atoms with van der Waals surface area (Å²) in [5.41, 5.74) is 2.34. The van der Waals surface area contributed by atoms with Gasteiger partial charge in [0.15, 0.2) is 0 Å². The third-order valence-corrected chi connectivity index (χ3v) is 5.14. The second-order valence-corrected chi connectivity index (χ2v) is 7.25. The van der Waals surface area contributed by atoms with Crippen LogP contribution in [0.2, 0.25) is 0 Å². The number of urea groups is 1. The highest BCUT2D eigenvalue weighted by Gasteiger charge is 2.26. The van der Waals surface area contributed by atoms with E-state index < -0.39 is 11.6 Å². The maximum Gasteiger partial charge on any atom is 0.318 e. The standard InChI is InChI=1S/C22H27F2N3O2/c1-29-15-17-4-2-16(3-5-17)13-26-22(28)27(20-8-10-25-11-9-20)14-18-6-7-19(23)12-21(18)24/h2-7,12,20,25H,8-11,13-15H2,1H3,(H,26,28). The molecule has 0 spiro atoms. The molecule has 1 aliphatic rings. The molecule has 1 aliphatic heterocycles. The third kappa shape index (κ3) is 5.98. The van der Waals surface area contributed by atoms with Crippen LogP contribution in [-0.2, 0) is 24.4 Å². The monoisotopic (exact) mass is 403 g/mol. The highest BCUT2D eigenvalue weighted by molar-refractivity contribution is 5.74. The first kappa shape index (κ1) is 21.2. The minimum Gasteiger partial charge on any atom is -0.380 e. The Morgan fingerprint density at radius 3 is 2.48 bits per heavy atom. The first-order valence-electron chi connectivity index (χ1n) is 9.82. The number of nitrogens with zero attached hydrogens (tertiary/aromatic N) is 1. The second-order valence-electron chi connectivity index (χ2n) is 7.25. The summed E-state index contributed by atoms with van der Waals surface area (Å²) < 4.78 is 32.5. The lowest BCUT2D eigenvalue weighted by atomic mass is 10.0. The minimum atomic E-state index is -0.634. The summed E-state index contributed by atoms with van der Waals surface area (Å²) in [5, 5.41) is 6.21. The minimum absolute atomic E-state index is 0.00443. The fourth-order valence-electron chi connectivity index (χ4n) is 3.52. The van der Waals surface area contributed by atoms with Crippen molar-refractivity contribution in [3.8, 4) is 0 Å². The van der Waals surface area contributed by atoms with Crippen molar-refractivity contribution in [1.29, 1.82) is 0 Å². The van der Waals surface area contributed by atoms with Crippen molar-refractivity contribution in [2.24, 2.45) is 0 Å². The molecule has 3 rings (SSSR count). The van der Waals surface area contributed by atoms with E-state index in [1.807, 2.05) is 24.3 Å². The number of hydrogen-bond acceptors (Lipinski definition) is 3. The number of methoxy groups -OCH3 is 1. The Bertz CT molecular complexity index is 808. The number of benzene rings is 2. The van der Waals surface area contributed by atoms with Gasteiger partial charge in [-0.2, -0.15) is 0 Å². The lowest BCUT2D eigenvalue weighted by Crippen LogP contribution is -2.49. The van der Waals surface area contributed by atoms with Crippen molar-refractivity contribution in [2.45, 2.75) is 38.6 Å². The quantitative estimate of drug-likeness (QED) is 0.743. The average molecular weight is 403 g/mol. The molecule has 2 aromatic rings. The summed E-state index contributed by atoms with van der Waals surface area (Å²) in [5.74, 6) is -1.26. The molecular weight excluding hydrogens is 376 g/mol. The molecule has 0 aliphatic carbocycles. The Hall–Kier alpha value is -2.51. The molecule has 0 aromatic heterocycles. The van der Waals surface area contributed by atoms with Gasteiger partial charge in [-0.05, 0) is 43.1 Å². The van der Waals surface area contributed by atoms with Gasteiger partial charge in [-0.1, -0.05) is 30.3 Å². The van der Waals surface area contributed by atoms with Gasteiger partial charge in [-0.15, -0.1) is 0 Å². The van der Waals surface area contributed by atoms with E-state index in [1.165, 1.54) is 12.1 Å². The summed E-state index contributed by atoms with van der Waals surface area (Å²) in [6.45, 7) is 2.64. The number of hydrogen-bond donors (Lipinski definition) is 2. The molecular formula is C22H27F2N3O2. The van der Waals surface area contributed by atoms with Crippen LogP contribution in [0.3, 0.4) is 0 Å². The Kier molecular flexibility index (Phi) is 7.55.